The molecule has 0 radical (unpaired) electrons. The third kappa shape index (κ3) is 3.54. The van der Waals surface area contributed by atoms with E-state index in [2.05, 4.69) is 0 Å². The van der Waals surface area contributed by atoms with Crippen LogP contribution in [0, 0.1) is 10.1 Å². The number of hydrogen-bond donors (Lipinski definition) is 1. The summed E-state index contributed by atoms with van der Waals surface area (Å²) < 4.78 is 5.90. The summed E-state index contributed by atoms with van der Waals surface area (Å²) >= 11 is 0. The number of nitrogens with zero attached hydrogens (tertiary/aromatic N) is 2. The number of carbonyl (C=O) groups excluding carboxylic acids is 2. The molecule has 1 atom stereocenters. The number of aliphatic hydroxyl groups is 1. The van der Waals surface area contributed by atoms with E-state index in [1.807, 2.05) is 24.3 Å². The lowest BCUT2D eigenvalue weighted by molar-refractivity contribution is -0.384. The van der Waals surface area contributed by atoms with Gasteiger partial charge in [-0.1, -0.05) is 48.5 Å². The van der Waals surface area contributed by atoms with Gasteiger partial charge in [-0.05, 0) is 42.0 Å². The zero-order valence-corrected chi connectivity index (χ0v) is 19.2. The van der Waals surface area contributed by atoms with Crippen molar-refractivity contribution in [1.29, 1.82) is 0 Å². The number of aliphatic hydroxyl groups excluding tert-OH is 1. The molecule has 0 aliphatic carbocycles. The Morgan fingerprint density at radius 1 is 0.838 bits per heavy atom. The second-order valence-corrected chi connectivity index (χ2v) is 8.66. The highest BCUT2D eigenvalue weighted by atomic mass is 16.6. The highest BCUT2D eigenvalue weighted by molar-refractivity contribution is 6.51. The van der Waals surface area contributed by atoms with Gasteiger partial charge < -0.3 is 9.52 Å². The number of hydrogen-bond acceptors (Lipinski definition) is 6. The van der Waals surface area contributed by atoms with Crippen molar-refractivity contribution in [2.24, 2.45) is 0 Å². The van der Waals surface area contributed by atoms with Crippen molar-refractivity contribution in [1.82, 2.24) is 0 Å². The molecule has 1 aliphatic heterocycles. The first-order chi connectivity index (χ1) is 17.9. The van der Waals surface area contributed by atoms with Crippen molar-refractivity contribution >= 4 is 50.8 Å². The number of anilines is 1. The molecule has 5 aromatic rings. The molecule has 4 aromatic carbocycles. The Hall–Kier alpha value is -5.24. The van der Waals surface area contributed by atoms with Crippen molar-refractivity contribution in [3.63, 3.8) is 0 Å². The molecule has 6 rings (SSSR count). The van der Waals surface area contributed by atoms with Crippen LogP contribution in [0.5, 0.6) is 0 Å². The fourth-order valence-corrected chi connectivity index (χ4v) is 4.81. The molecule has 2 heterocycles. The number of carbonyl (C=O) groups is 2. The molecular formula is C29H18N2O6. The van der Waals surface area contributed by atoms with Crippen LogP contribution < -0.4 is 4.90 Å². The van der Waals surface area contributed by atoms with Crippen molar-refractivity contribution < 1.29 is 24.0 Å². The number of fused-ring (bicyclic) bond motifs is 3. The molecule has 8 heteroatoms. The van der Waals surface area contributed by atoms with Gasteiger partial charge in [0.2, 0.25) is 0 Å². The standard InChI is InChI=1S/C29H18N2O6/c32-27(18-6-2-1-3-7-18)25-26(17-10-12-19(13-11-17)31(35)36)30(29(34)28(25)33)20-14-15-24-22(16-20)21-8-4-5-9-23(21)37-24/h1-16,26,32H/b27-25-. The van der Waals surface area contributed by atoms with Gasteiger partial charge in [-0.2, -0.15) is 0 Å². The van der Waals surface area contributed by atoms with E-state index < -0.39 is 22.7 Å². The lowest BCUT2D eigenvalue weighted by atomic mass is 9.95. The van der Waals surface area contributed by atoms with Gasteiger partial charge in [0, 0.05) is 34.2 Å². The van der Waals surface area contributed by atoms with Crippen molar-refractivity contribution in [2.75, 3.05) is 4.90 Å². The van der Waals surface area contributed by atoms with Gasteiger partial charge >= 0.3 is 0 Å². The van der Waals surface area contributed by atoms with Crippen LogP contribution in [0.15, 0.2) is 107 Å². The van der Waals surface area contributed by atoms with Crippen LogP contribution >= 0.6 is 0 Å². The summed E-state index contributed by atoms with van der Waals surface area (Å²) in [5.74, 6) is -1.98. The smallest absolute Gasteiger partial charge is 0.300 e. The fraction of sp³-hybridized carbons (Fsp3) is 0.0345. The van der Waals surface area contributed by atoms with Gasteiger partial charge in [0.25, 0.3) is 17.4 Å². The first-order valence-corrected chi connectivity index (χ1v) is 11.5. The van der Waals surface area contributed by atoms with E-state index in [4.69, 9.17) is 4.42 Å². The van der Waals surface area contributed by atoms with Gasteiger partial charge in [0.1, 0.15) is 16.9 Å². The molecule has 1 aliphatic rings. The largest absolute Gasteiger partial charge is 0.507 e. The van der Waals surface area contributed by atoms with Crippen LogP contribution in [0.3, 0.4) is 0 Å². The number of Topliss-reactive ketones (excluding diaryl/α,β-unsaturated/α-hetero) is 1. The first-order valence-electron chi connectivity index (χ1n) is 11.5. The number of nitro groups is 1. The summed E-state index contributed by atoms with van der Waals surface area (Å²) in [7, 11) is 0. The van der Waals surface area contributed by atoms with Crippen LogP contribution in [0.2, 0.25) is 0 Å². The molecule has 180 valence electrons. The maximum Gasteiger partial charge on any atom is 0.300 e. The van der Waals surface area contributed by atoms with Crippen LogP contribution in [0.25, 0.3) is 27.7 Å². The number of amides is 1. The molecule has 1 amide bonds. The van der Waals surface area contributed by atoms with E-state index in [-0.39, 0.29) is 17.0 Å². The fourth-order valence-electron chi connectivity index (χ4n) is 4.81. The predicted octanol–water partition coefficient (Wildman–Crippen LogP) is 6.12. The maximum atomic E-state index is 13.4. The van der Waals surface area contributed by atoms with Crippen molar-refractivity contribution in [3.05, 3.63) is 124 Å². The van der Waals surface area contributed by atoms with Crippen LogP contribution in [0.4, 0.5) is 11.4 Å². The molecule has 8 nitrogen and oxygen atoms in total. The minimum Gasteiger partial charge on any atom is -0.507 e. The van der Waals surface area contributed by atoms with Gasteiger partial charge in [0.05, 0.1) is 16.5 Å². The Balaban J connectivity index is 1.57. The Morgan fingerprint density at radius 2 is 1.51 bits per heavy atom. The second kappa shape index (κ2) is 8.46. The van der Waals surface area contributed by atoms with Crippen LogP contribution in [0.1, 0.15) is 17.2 Å². The number of rotatable bonds is 4. The van der Waals surface area contributed by atoms with Gasteiger partial charge in [-0.3, -0.25) is 24.6 Å². The monoisotopic (exact) mass is 490 g/mol. The Labute approximate surface area is 209 Å². The maximum absolute atomic E-state index is 13.4. The number of ketones is 1. The molecule has 1 fully saturated rings. The normalized spacial score (nSPS) is 17.1. The average Bonchev–Trinajstić information content (AvgIpc) is 3.43. The van der Waals surface area contributed by atoms with E-state index in [9.17, 15) is 24.8 Å². The summed E-state index contributed by atoms with van der Waals surface area (Å²) in [6.45, 7) is 0. The van der Waals surface area contributed by atoms with Gasteiger partial charge in [0.15, 0.2) is 0 Å². The van der Waals surface area contributed by atoms with E-state index in [0.29, 0.717) is 28.0 Å². The topological polar surface area (TPSA) is 114 Å². The zero-order valence-electron chi connectivity index (χ0n) is 19.2. The minimum atomic E-state index is -1.00. The number of nitro benzene ring substituents is 1. The minimum absolute atomic E-state index is 0.0952. The average molecular weight is 490 g/mol. The highest BCUT2D eigenvalue weighted by Crippen LogP contribution is 2.43. The molecule has 0 spiro atoms. The number of furan rings is 1. The first kappa shape index (κ1) is 22.2. The Morgan fingerprint density at radius 3 is 2.24 bits per heavy atom. The SMILES string of the molecule is O=C1C(=O)N(c2ccc3oc4ccccc4c3c2)C(c2ccc([N+](=O)[O-])cc2)/C1=C(/O)c1ccccc1. The van der Waals surface area contributed by atoms with Gasteiger partial charge in [-0.15, -0.1) is 0 Å². The van der Waals surface area contributed by atoms with E-state index in [0.717, 1.165) is 10.8 Å². The van der Waals surface area contributed by atoms with E-state index in [1.54, 1.807) is 48.5 Å². The quantitative estimate of drug-likeness (QED) is 0.107. The number of non-ortho nitro benzene ring substituents is 1. The third-order valence-corrected chi connectivity index (χ3v) is 6.55. The molecule has 1 N–H and O–H groups in total. The summed E-state index contributed by atoms with van der Waals surface area (Å²) in [5.41, 5.74) is 2.34. The zero-order chi connectivity index (χ0) is 25.7. The summed E-state index contributed by atoms with van der Waals surface area (Å²) in [5, 5.41) is 24.0. The summed E-state index contributed by atoms with van der Waals surface area (Å²) in [6, 6.07) is 25.7. The summed E-state index contributed by atoms with van der Waals surface area (Å²) in [6.07, 6.45) is 0. The third-order valence-electron chi connectivity index (χ3n) is 6.55. The second-order valence-electron chi connectivity index (χ2n) is 8.66. The lowest BCUT2D eigenvalue weighted by Crippen LogP contribution is -2.29. The van der Waals surface area contributed by atoms with Crippen molar-refractivity contribution in [2.45, 2.75) is 6.04 Å². The Bertz CT molecular complexity index is 1750. The molecule has 37 heavy (non-hydrogen) atoms. The lowest BCUT2D eigenvalue weighted by Gasteiger charge is -2.25. The molecule has 1 saturated heterocycles. The van der Waals surface area contributed by atoms with Crippen molar-refractivity contribution in [3.8, 4) is 0 Å². The van der Waals surface area contributed by atoms with E-state index in [1.165, 1.54) is 29.2 Å². The predicted molar refractivity (Wildman–Crippen MR) is 138 cm³/mol. The molecule has 0 bridgehead atoms. The van der Waals surface area contributed by atoms with E-state index >= 15 is 0 Å². The summed E-state index contributed by atoms with van der Waals surface area (Å²) in [4.78, 5) is 38.8. The molecule has 1 aromatic heterocycles. The molecule has 0 saturated carbocycles. The number of benzene rings is 4. The molecular weight excluding hydrogens is 472 g/mol. The highest BCUT2D eigenvalue weighted by Gasteiger charge is 2.47. The number of para-hydroxylation sites is 1. The Kier molecular flexibility index (Phi) is 5.08. The van der Waals surface area contributed by atoms with Gasteiger partial charge in [-0.25, -0.2) is 0 Å². The van der Waals surface area contributed by atoms with Crippen LogP contribution in [-0.2, 0) is 9.59 Å². The molecule has 1 unspecified atom stereocenters. The van der Waals surface area contributed by atoms with Crippen LogP contribution in [-0.4, -0.2) is 21.7 Å².